The Hall–Kier alpha value is -2.39. The average Bonchev–Trinajstić information content (AvgIpc) is 3.65. The zero-order chi connectivity index (χ0) is 22.3. The first-order chi connectivity index (χ1) is 15.4. The molecule has 0 amide bonds. The molecule has 3 aliphatic rings. The SMILES string of the molecule is CC(C)(CO)Nc1nc(N2CC=C(c3ncc(C4CC4)cn3)CC2)nc2c1S(=O)CCC2. The molecule has 2 aliphatic heterocycles. The third-order valence-corrected chi connectivity index (χ3v) is 7.79. The quantitative estimate of drug-likeness (QED) is 0.687. The minimum atomic E-state index is -1.12. The summed E-state index contributed by atoms with van der Waals surface area (Å²) in [6.45, 7) is 5.19. The number of aromatic nitrogens is 4. The summed E-state index contributed by atoms with van der Waals surface area (Å²) in [6, 6.07) is 0. The van der Waals surface area contributed by atoms with E-state index in [0.29, 0.717) is 34.9 Å². The van der Waals surface area contributed by atoms with Crippen LogP contribution in [-0.4, -0.2) is 60.2 Å². The second-order valence-electron chi connectivity index (χ2n) is 9.51. The Labute approximate surface area is 191 Å². The molecule has 1 saturated carbocycles. The lowest BCUT2D eigenvalue weighted by Gasteiger charge is -2.30. The van der Waals surface area contributed by atoms with Gasteiger partial charge in [0.1, 0.15) is 10.7 Å². The normalized spacial score (nSPS) is 21.2. The molecule has 5 rings (SSSR count). The lowest BCUT2D eigenvalue weighted by molar-refractivity contribution is 0.233. The second-order valence-corrected chi connectivity index (χ2v) is 11.0. The van der Waals surface area contributed by atoms with Gasteiger partial charge in [0.15, 0.2) is 5.82 Å². The predicted octanol–water partition coefficient (Wildman–Crippen LogP) is 2.67. The van der Waals surface area contributed by atoms with E-state index in [1.54, 1.807) is 0 Å². The highest BCUT2D eigenvalue weighted by atomic mass is 32.2. The van der Waals surface area contributed by atoms with Crippen molar-refractivity contribution in [3.05, 3.63) is 35.6 Å². The van der Waals surface area contributed by atoms with Crippen molar-refractivity contribution >= 4 is 28.1 Å². The number of anilines is 2. The summed E-state index contributed by atoms with van der Waals surface area (Å²) in [7, 11) is -1.12. The van der Waals surface area contributed by atoms with Gasteiger partial charge in [-0.1, -0.05) is 6.08 Å². The smallest absolute Gasteiger partial charge is 0.227 e. The highest BCUT2D eigenvalue weighted by Crippen LogP contribution is 2.39. The Balaban J connectivity index is 1.39. The molecule has 4 heterocycles. The highest BCUT2D eigenvalue weighted by molar-refractivity contribution is 7.85. The molecule has 2 aromatic heterocycles. The van der Waals surface area contributed by atoms with Crippen LogP contribution in [0.4, 0.5) is 11.8 Å². The fourth-order valence-corrected chi connectivity index (χ4v) is 5.47. The van der Waals surface area contributed by atoms with Crippen molar-refractivity contribution in [2.45, 2.75) is 62.3 Å². The van der Waals surface area contributed by atoms with E-state index in [4.69, 9.17) is 9.97 Å². The van der Waals surface area contributed by atoms with Gasteiger partial charge in [0.05, 0.1) is 28.6 Å². The van der Waals surface area contributed by atoms with Crippen LogP contribution < -0.4 is 10.2 Å². The highest BCUT2D eigenvalue weighted by Gasteiger charge is 2.29. The molecule has 0 radical (unpaired) electrons. The molecule has 2 N–H and O–H groups in total. The summed E-state index contributed by atoms with van der Waals surface area (Å²) in [5.74, 6) is 3.31. The third-order valence-electron chi connectivity index (χ3n) is 6.25. The number of aryl methyl sites for hydroxylation is 1. The second kappa shape index (κ2) is 8.51. The summed E-state index contributed by atoms with van der Waals surface area (Å²) in [4.78, 5) is 21.6. The molecule has 0 aromatic carbocycles. The number of nitrogens with zero attached hydrogens (tertiary/aromatic N) is 5. The minimum absolute atomic E-state index is 0.0525. The van der Waals surface area contributed by atoms with E-state index in [9.17, 15) is 9.32 Å². The molecular formula is C23H30N6O2S. The van der Waals surface area contributed by atoms with Gasteiger partial charge in [-0.25, -0.2) is 15.0 Å². The van der Waals surface area contributed by atoms with Crippen LogP contribution in [-0.2, 0) is 17.2 Å². The lowest BCUT2D eigenvalue weighted by atomic mass is 10.1. The Kier molecular flexibility index (Phi) is 5.71. The first kappa shape index (κ1) is 21.5. The average molecular weight is 455 g/mol. The van der Waals surface area contributed by atoms with Gasteiger partial charge in [0.2, 0.25) is 5.95 Å². The molecule has 0 bridgehead atoms. The maximum atomic E-state index is 12.7. The third kappa shape index (κ3) is 4.41. The van der Waals surface area contributed by atoms with Crippen molar-refractivity contribution in [1.29, 1.82) is 0 Å². The Morgan fingerprint density at radius 2 is 2.00 bits per heavy atom. The topological polar surface area (TPSA) is 104 Å². The van der Waals surface area contributed by atoms with Crippen molar-refractivity contribution in [2.75, 3.05) is 35.7 Å². The predicted molar refractivity (Wildman–Crippen MR) is 125 cm³/mol. The zero-order valence-corrected chi connectivity index (χ0v) is 19.5. The van der Waals surface area contributed by atoms with Crippen LogP contribution in [0.25, 0.3) is 5.57 Å². The fraction of sp³-hybridized carbons (Fsp3) is 0.565. The van der Waals surface area contributed by atoms with Crippen LogP contribution >= 0.6 is 0 Å². The largest absolute Gasteiger partial charge is 0.394 e. The monoisotopic (exact) mass is 454 g/mol. The maximum Gasteiger partial charge on any atom is 0.227 e. The molecule has 0 saturated heterocycles. The summed E-state index contributed by atoms with van der Waals surface area (Å²) < 4.78 is 12.7. The molecule has 2 aromatic rings. The van der Waals surface area contributed by atoms with E-state index in [-0.39, 0.29) is 6.61 Å². The van der Waals surface area contributed by atoms with E-state index in [1.165, 1.54) is 18.4 Å². The molecule has 1 fully saturated rings. The fourth-order valence-electron chi connectivity index (χ4n) is 4.14. The first-order valence-corrected chi connectivity index (χ1v) is 12.7. The van der Waals surface area contributed by atoms with E-state index < -0.39 is 16.3 Å². The Morgan fingerprint density at radius 3 is 2.66 bits per heavy atom. The number of hydrogen-bond acceptors (Lipinski definition) is 8. The van der Waals surface area contributed by atoms with Crippen LogP contribution in [0.1, 0.15) is 62.5 Å². The number of nitrogens with one attached hydrogen (secondary N) is 1. The van der Waals surface area contributed by atoms with E-state index in [1.807, 2.05) is 26.2 Å². The molecule has 32 heavy (non-hydrogen) atoms. The van der Waals surface area contributed by atoms with Crippen molar-refractivity contribution < 1.29 is 9.32 Å². The maximum absolute atomic E-state index is 12.7. The summed E-state index contributed by atoms with van der Waals surface area (Å²) in [6.07, 6.45) is 11.1. The van der Waals surface area contributed by atoms with Gasteiger partial charge in [-0.2, -0.15) is 4.98 Å². The van der Waals surface area contributed by atoms with Crippen molar-refractivity contribution in [3.63, 3.8) is 0 Å². The molecule has 1 aliphatic carbocycles. The minimum Gasteiger partial charge on any atom is -0.394 e. The van der Waals surface area contributed by atoms with E-state index in [0.717, 1.165) is 42.9 Å². The molecule has 170 valence electrons. The van der Waals surface area contributed by atoms with Crippen molar-refractivity contribution in [2.24, 2.45) is 0 Å². The first-order valence-electron chi connectivity index (χ1n) is 11.4. The van der Waals surface area contributed by atoms with Crippen LogP contribution in [0.2, 0.25) is 0 Å². The van der Waals surface area contributed by atoms with Gasteiger partial charge in [-0.05, 0) is 63.0 Å². The van der Waals surface area contributed by atoms with Crippen LogP contribution in [0, 0.1) is 0 Å². The molecular weight excluding hydrogens is 424 g/mol. The lowest BCUT2D eigenvalue weighted by Crippen LogP contribution is -2.37. The van der Waals surface area contributed by atoms with Gasteiger partial charge in [-0.3, -0.25) is 4.21 Å². The number of aliphatic hydroxyl groups excluding tert-OH is 1. The number of hydrogen-bond donors (Lipinski definition) is 2. The summed E-state index contributed by atoms with van der Waals surface area (Å²) >= 11 is 0. The standard InChI is InChI=1S/C23H30N6O2S/c1-23(2,14-30)28-21-19-18(4-3-11-32(19)31)26-22(27-21)29-9-7-16(8-10-29)20-24-12-17(13-25-20)15-5-6-15/h7,12-13,15,30H,3-6,8-11,14H2,1-2H3,(H,26,27,28). The molecule has 0 spiro atoms. The summed E-state index contributed by atoms with van der Waals surface area (Å²) in [5.41, 5.74) is 2.68. The number of rotatable bonds is 6. The van der Waals surface area contributed by atoms with Crippen molar-refractivity contribution in [3.8, 4) is 0 Å². The van der Waals surface area contributed by atoms with E-state index in [2.05, 4.69) is 26.3 Å². The zero-order valence-electron chi connectivity index (χ0n) is 18.7. The van der Waals surface area contributed by atoms with Crippen LogP contribution in [0.15, 0.2) is 23.4 Å². The summed E-state index contributed by atoms with van der Waals surface area (Å²) in [5, 5.41) is 13.0. The van der Waals surface area contributed by atoms with E-state index >= 15 is 0 Å². The Morgan fingerprint density at radius 1 is 1.22 bits per heavy atom. The molecule has 8 nitrogen and oxygen atoms in total. The number of aliphatic hydroxyl groups is 1. The van der Waals surface area contributed by atoms with Gasteiger partial charge >= 0.3 is 0 Å². The van der Waals surface area contributed by atoms with Crippen LogP contribution in [0.5, 0.6) is 0 Å². The molecule has 9 heteroatoms. The molecule has 1 unspecified atom stereocenters. The van der Waals surface area contributed by atoms with Gasteiger partial charge in [0, 0.05) is 31.2 Å². The van der Waals surface area contributed by atoms with Gasteiger partial charge in [0.25, 0.3) is 0 Å². The number of fused-ring (bicyclic) bond motifs is 1. The molecule has 1 atom stereocenters. The van der Waals surface area contributed by atoms with Gasteiger partial charge < -0.3 is 15.3 Å². The van der Waals surface area contributed by atoms with Gasteiger partial charge in [-0.15, -0.1) is 0 Å². The Bertz CT molecular complexity index is 1060. The van der Waals surface area contributed by atoms with Crippen molar-refractivity contribution in [1.82, 2.24) is 19.9 Å². The van der Waals surface area contributed by atoms with Crippen LogP contribution in [0.3, 0.4) is 0 Å².